The maximum Gasteiger partial charge on any atom is 0.421 e. The third-order valence-corrected chi connectivity index (χ3v) is 12.2. The molecule has 0 unspecified atom stereocenters. The lowest BCUT2D eigenvalue weighted by atomic mass is 9.61. The molecule has 8 heterocycles. The zero-order chi connectivity index (χ0) is 35.6. The fraction of sp³-hybridized carbons (Fsp3) is 0. The third-order valence-electron chi connectivity index (χ3n) is 9.83. The first kappa shape index (κ1) is 30.8. The molecule has 3 aromatic carbocycles. The highest BCUT2D eigenvalue weighted by molar-refractivity contribution is 7.26. The van der Waals surface area contributed by atoms with Crippen molar-refractivity contribution in [1.29, 1.82) is 0 Å². The van der Waals surface area contributed by atoms with Crippen LogP contribution in [0.5, 0.6) is 0 Å². The lowest BCUT2D eigenvalue weighted by Gasteiger charge is -2.31. The van der Waals surface area contributed by atoms with Crippen molar-refractivity contribution in [3.63, 3.8) is 0 Å². The lowest BCUT2D eigenvalue weighted by Crippen LogP contribution is -2.55. The molecule has 2 aliphatic heterocycles. The molecule has 12 nitrogen and oxygen atoms in total. The Kier molecular flexibility index (Phi) is 7.09. The quantitative estimate of drug-likeness (QED) is 0.171. The molecule has 0 saturated heterocycles. The summed E-state index contributed by atoms with van der Waals surface area (Å²) < 4.78 is 2.38. The van der Waals surface area contributed by atoms with Crippen molar-refractivity contribution in [2.75, 3.05) is 19.2 Å². The lowest BCUT2D eigenvalue weighted by molar-refractivity contribution is 1.15. The topological polar surface area (TPSA) is 116 Å². The molecule has 0 amide bonds. The van der Waals surface area contributed by atoms with Crippen LogP contribution in [0, 0.1) is 0 Å². The van der Waals surface area contributed by atoms with Crippen molar-refractivity contribution in [3.05, 3.63) is 148 Å². The van der Waals surface area contributed by atoms with Gasteiger partial charge in [-0.15, -0.1) is 22.7 Å². The molecular formula is C38H24B2N12S2. The van der Waals surface area contributed by atoms with E-state index in [2.05, 4.69) is 132 Å². The summed E-state index contributed by atoms with van der Waals surface area (Å²) in [7, 11) is 0. The van der Waals surface area contributed by atoms with Gasteiger partial charge in [0.1, 0.15) is 35.3 Å². The standard InChI is InChI=1S/C38H24B2N12S2/c1-3-7-33-31(5-1)35-37(53-33)51(29-17-45-23-46-18-29)39(49(35)27-13-41-21-42-14-27)25-9-11-26(12-10-25)40-50(28-15-43-22-44-16-28)36-32-6-2-4-8-34(32)54-38(36)52(40)30-19-47-24-48-20-30/h1-24H. The van der Waals surface area contributed by atoms with Crippen LogP contribution in [-0.2, 0) is 0 Å². The summed E-state index contributed by atoms with van der Waals surface area (Å²) in [6, 6.07) is 25.9. The predicted octanol–water partition coefficient (Wildman–Crippen LogP) is 6.65. The first-order chi connectivity index (χ1) is 26.8. The smallest absolute Gasteiger partial charge is 0.356 e. The van der Waals surface area contributed by atoms with Crippen LogP contribution in [0.2, 0.25) is 0 Å². The second-order valence-electron chi connectivity index (χ2n) is 12.8. The predicted molar refractivity (Wildman–Crippen MR) is 218 cm³/mol. The minimum atomic E-state index is -0.284. The van der Waals surface area contributed by atoms with Crippen LogP contribution in [0.4, 0.5) is 44.1 Å². The number of fused-ring (bicyclic) bond motifs is 6. The number of nitrogens with zero attached hydrogens (tertiary/aromatic N) is 12. The number of benzene rings is 3. The van der Waals surface area contributed by atoms with Crippen LogP contribution in [0.3, 0.4) is 0 Å². The highest BCUT2D eigenvalue weighted by Gasteiger charge is 2.49. The van der Waals surface area contributed by atoms with Gasteiger partial charge in [-0.3, -0.25) is 0 Å². The molecule has 0 fully saturated rings. The van der Waals surface area contributed by atoms with E-state index in [1.165, 1.54) is 9.40 Å². The van der Waals surface area contributed by atoms with E-state index < -0.39 is 0 Å². The molecule has 0 N–H and O–H groups in total. The maximum atomic E-state index is 4.45. The number of aromatic nitrogens is 8. The molecule has 0 bridgehead atoms. The SMILES string of the molecule is c1ccc2c3c(sc2c1)N(c1cncnc1)B(c1ccc(B2N(c4cncnc4)c4sc5ccccc5c4N2c2cncnc2)cc1)N3c1cncnc1. The molecular weight excluding hydrogens is 710 g/mol. The summed E-state index contributed by atoms with van der Waals surface area (Å²) in [5, 5.41) is 4.52. The van der Waals surface area contributed by atoms with Crippen LogP contribution in [-0.4, -0.2) is 53.8 Å². The minimum Gasteiger partial charge on any atom is -0.356 e. The van der Waals surface area contributed by atoms with E-state index in [0.717, 1.165) is 65.8 Å². The third kappa shape index (κ3) is 4.70. The fourth-order valence-electron chi connectivity index (χ4n) is 7.68. The molecule has 11 rings (SSSR count). The average molecular weight is 734 g/mol. The van der Waals surface area contributed by atoms with Gasteiger partial charge >= 0.3 is 14.0 Å². The Morgan fingerprint density at radius 3 is 1.04 bits per heavy atom. The first-order valence-electron chi connectivity index (χ1n) is 17.1. The molecule has 9 aromatic rings. The van der Waals surface area contributed by atoms with Gasteiger partial charge in [0, 0.05) is 20.2 Å². The summed E-state index contributed by atoms with van der Waals surface area (Å²) in [4.78, 5) is 44.8. The van der Waals surface area contributed by atoms with E-state index in [4.69, 9.17) is 0 Å². The molecule has 0 atom stereocenters. The van der Waals surface area contributed by atoms with E-state index in [0.29, 0.717) is 0 Å². The van der Waals surface area contributed by atoms with Crippen molar-refractivity contribution < 1.29 is 0 Å². The van der Waals surface area contributed by atoms with Gasteiger partial charge in [-0.2, -0.15) is 0 Å². The van der Waals surface area contributed by atoms with Gasteiger partial charge < -0.3 is 19.2 Å². The number of hydrogen-bond donors (Lipinski definition) is 0. The number of hydrogen-bond acceptors (Lipinski definition) is 14. The Bertz CT molecular complexity index is 2590. The molecule has 16 heteroatoms. The van der Waals surface area contributed by atoms with Crippen molar-refractivity contribution >= 4 is 112 Å². The largest absolute Gasteiger partial charge is 0.421 e. The van der Waals surface area contributed by atoms with E-state index in [-0.39, 0.29) is 14.0 Å². The highest BCUT2D eigenvalue weighted by Crippen LogP contribution is 2.56. The normalized spacial score (nSPS) is 13.7. The summed E-state index contributed by atoms with van der Waals surface area (Å²) in [5.41, 5.74) is 7.87. The molecule has 0 saturated carbocycles. The van der Waals surface area contributed by atoms with Crippen molar-refractivity contribution in [2.24, 2.45) is 0 Å². The van der Waals surface area contributed by atoms with Crippen molar-refractivity contribution in [1.82, 2.24) is 39.9 Å². The molecule has 54 heavy (non-hydrogen) atoms. The van der Waals surface area contributed by atoms with Gasteiger partial charge in [0.2, 0.25) is 0 Å². The van der Waals surface area contributed by atoms with Crippen LogP contribution in [0.15, 0.2) is 148 Å². The Hall–Kier alpha value is -6.77. The highest BCUT2D eigenvalue weighted by atomic mass is 32.1. The van der Waals surface area contributed by atoms with Gasteiger partial charge in [-0.1, -0.05) is 60.7 Å². The summed E-state index contributed by atoms with van der Waals surface area (Å²) in [6.07, 6.45) is 21.2. The number of rotatable bonds is 6. The van der Waals surface area contributed by atoms with Crippen LogP contribution >= 0.6 is 22.7 Å². The fourth-order valence-corrected chi connectivity index (χ4v) is 10.2. The Morgan fingerprint density at radius 2 is 0.685 bits per heavy atom. The van der Waals surface area contributed by atoms with Crippen LogP contribution in [0.25, 0.3) is 20.2 Å². The minimum absolute atomic E-state index is 0.284. The van der Waals surface area contributed by atoms with Gasteiger partial charge in [-0.25, -0.2) is 39.9 Å². The summed E-state index contributed by atoms with van der Waals surface area (Å²) in [5.74, 6) is 0. The summed E-state index contributed by atoms with van der Waals surface area (Å²) in [6.45, 7) is -0.568. The van der Waals surface area contributed by atoms with Gasteiger partial charge in [0.25, 0.3) is 0 Å². The average Bonchev–Trinajstić information content (AvgIpc) is 3.98. The molecule has 6 aromatic heterocycles. The second kappa shape index (κ2) is 12.4. The number of thiophene rings is 2. The molecule has 0 aliphatic carbocycles. The zero-order valence-corrected chi connectivity index (χ0v) is 29.8. The van der Waals surface area contributed by atoms with Gasteiger partial charge in [-0.05, 0) is 23.1 Å². The molecule has 254 valence electrons. The first-order valence-corrected chi connectivity index (χ1v) is 18.8. The Labute approximate surface area is 317 Å². The van der Waals surface area contributed by atoms with Crippen LogP contribution < -0.4 is 30.2 Å². The van der Waals surface area contributed by atoms with E-state index >= 15 is 0 Å². The molecule has 2 aliphatic rings. The van der Waals surface area contributed by atoms with Crippen LogP contribution in [0.1, 0.15) is 0 Å². The summed E-state index contributed by atoms with van der Waals surface area (Å²) >= 11 is 3.50. The Morgan fingerprint density at radius 1 is 0.370 bits per heavy atom. The maximum absolute atomic E-state index is 4.45. The second-order valence-corrected chi connectivity index (χ2v) is 14.8. The molecule has 0 spiro atoms. The Balaban J connectivity index is 1.09. The van der Waals surface area contributed by atoms with Gasteiger partial charge in [0.15, 0.2) is 0 Å². The zero-order valence-electron chi connectivity index (χ0n) is 28.2. The number of anilines is 8. The monoisotopic (exact) mass is 734 g/mol. The van der Waals surface area contributed by atoms with Crippen molar-refractivity contribution in [2.45, 2.75) is 0 Å². The van der Waals surface area contributed by atoms with Gasteiger partial charge in [0.05, 0.1) is 83.7 Å². The van der Waals surface area contributed by atoms with E-state index in [1.54, 1.807) is 48.0 Å². The molecule has 0 radical (unpaired) electrons. The van der Waals surface area contributed by atoms with Crippen molar-refractivity contribution in [3.8, 4) is 0 Å². The van der Waals surface area contributed by atoms with E-state index in [9.17, 15) is 0 Å². The van der Waals surface area contributed by atoms with E-state index in [1.807, 2.05) is 49.6 Å².